The van der Waals surface area contributed by atoms with Crippen LogP contribution in [0.15, 0.2) is 69.4 Å². The summed E-state index contributed by atoms with van der Waals surface area (Å²) in [6, 6.07) is 16.6. The van der Waals surface area contributed by atoms with Gasteiger partial charge in [-0.2, -0.15) is 4.98 Å². The Balaban J connectivity index is 1.71. The molecule has 4 rings (SSSR count). The lowest BCUT2D eigenvalue weighted by Gasteiger charge is -2.19. The van der Waals surface area contributed by atoms with Crippen LogP contribution in [-0.2, 0) is 10.0 Å². The van der Waals surface area contributed by atoms with Gasteiger partial charge in [0.25, 0.3) is 15.9 Å². The number of aryl methyl sites for hydroxylation is 2. The topological polar surface area (TPSA) is 76.3 Å². The fourth-order valence-corrected chi connectivity index (χ4v) is 5.40. The van der Waals surface area contributed by atoms with Crippen LogP contribution in [0.25, 0.3) is 22.2 Å². The number of nitrogens with zero attached hydrogens (tertiary/aromatic N) is 3. The van der Waals surface area contributed by atoms with Crippen molar-refractivity contribution >= 4 is 27.0 Å². The minimum absolute atomic E-state index is 0.144. The Bertz CT molecular complexity index is 1260. The molecule has 0 spiro atoms. The largest absolute Gasteiger partial charge is 0.333 e. The van der Waals surface area contributed by atoms with Crippen molar-refractivity contribution in [3.8, 4) is 22.2 Å². The van der Waals surface area contributed by atoms with E-state index < -0.39 is 10.0 Å². The fraction of sp³-hybridized carbons (Fsp3) is 0.143. The van der Waals surface area contributed by atoms with E-state index in [4.69, 9.17) is 4.52 Å². The summed E-state index contributed by atoms with van der Waals surface area (Å²) in [7, 11) is -2.25. The smallest absolute Gasteiger partial charge is 0.269 e. The van der Waals surface area contributed by atoms with E-state index in [9.17, 15) is 8.42 Å². The first-order valence-electron chi connectivity index (χ1n) is 8.90. The van der Waals surface area contributed by atoms with Gasteiger partial charge < -0.3 is 4.52 Å². The zero-order valence-corrected chi connectivity index (χ0v) is 17.8. The number of benzene rings is 2. The number of hydrogen-bond donors (Lipinski definition) is 0. The number of rotatable bonds is 5. The molecule has 0 aliphatic rings. The molecule has 148 valence electrons. The van der Waals surface area contributed by atoms with Crippen molar-refractivity contribution in [3.05, 3.63) is 71.1 Å². The highest BCUT2D eigenvalue weighted by molar-refractivity contribution is 7.93. The van der Waals surface area contributed by atoms with E-state index in [0.717, 1.165) is 16.7 Å². The molecule has 0 saturated heterocycles. The van der Waals surface area contributed by atoms with Crippen LogP contribution in [0, 0.1) is 13.8 Å². The molecule has 0 saturated carbocycles. The molecule has 0 radical (unpaired) electrons. The summed E-state index contributed by atoms with van der Waals surface area (Å²) in [5, 5.41) is 5.73. The van der Waals surface area contributed by atoms with Crippen LogP contribution in [-0.4, -0.2) is 25.6 Å². The second-order valence-electron chi connectivity index (χ2n) is 6.71. The van der Waals surface area contributed by atoms with Gasteiger partial charge in [0.2, 0.25) is 5.82 Å². The highest BCUT2D eigenvalue weighted by Crippen LogP contribution is 2.35. The van der Waals surface area contributed by atoms with Gasteiger partial charge in [0.05, 0.1) is 5.69 Å². The van der Waals surface area contributed by atoms with Gasteiger partial charge in [0.15, 0.2) is 0 Å². The summed E-state index contributed by atoms with van der Waals surface area (Å²) in [6.45, 7) is 3.92. The molecule has 0 atom stereocenters. The normalized spacial score (nSPS) is 11.6. The summed E-state index contributed by atoms with van der Waals surface area (Å²) < 4.78 is 33.2. The molecule has 0 N–H and O–H groups in total. The molecule has 0 aliphatic heterocycles. The average Bonchev–Trinajstić information content (AvgIpc) is 3.37. The second-order valence-corrected chi connectivity index (χ2v) is 9.57. The van der Waals surface area contributed by atoms with Crippen LogP contribution >= 0.6 is 11.3 Å². The molecule has 0 unspecified atom stereocenters. The molecule has 2 aromatic heterocycles. The molecule has 4 aromatic rings. The first kappa shape index (κ1) is 19.4. The third-order valence-corrected chi connectivity index (χ3v) is 7.42. The molecule has 0 aliphatic carbocycles. The highest BCUT2D eigenvalue weighted by Gasteiger charge is 2.28. The summed E-state index contributed by atoms with van der Waals surface area (Å²) in [4.78, 5) is 4.99. The molecule has 2 heterocycles. The van der Waals surface area contributed by atoms with Gasteiger partial charge in [-0.3, -0.25) is 4.31 Å². The van der Waals surface area contributed by atoms with Crippen molar-refractivity contribution in [1.82, 2.24) is 10.1 Å². The zero-order chi connectivity index (χ0) is 20.6. The van der Waals surface area contributed by atoms with E-state index in [2.05, 4.69) is 10.1 Å². The Morgan fingerprint density at radius 3 is 2.48 bits per heavy atom. The Kier molecular flexibility index (Phi) is 4.97. The zero-order valence-electron chi connectivity index (χ0n) is 16.2. The van der Waals surface area contributed by atoms with Gasteiger partial charge >= 0.3 is 0 Å². The van der Waals surface area contributed by atoms with Crippen molar-refractivity contribution in [3.63, 3.8) is 0 Å². The highest BCUT2D eigenvalue weighted by atomic mass is 32.2. The van der Waals surface area contributed by atoms with E-state index in [-0.39, 0.29) is 10.8 Å². The summed E-state index contributed by atoms with van der Waals surface area (Å²) >= 11 is 1.25. The Morgan fingerprint density at radius 2 is 1.76 bits per heavy atom. The van der Waals surface area contributed by atoms with Gasteiger partial charge in [-0.1, -0.05) is 47.1 Å². The van der Waals surface area contributed by atoms with Gasteiger partial charge in [-0.05, 0) is 43.0 Å². The average molecular weight is 426 g/mol. The monoisotopic (exact) mass is 425 g/mol. The predicted octanol–water partition coefficient (Wildman–Crippen LogP) is 4.91. The Labute approximate surface area is 173 Å². The third-order valence-electron chi connectivity index (χ3n) is 4.56. The third kappa shape index (κ3) is 3.68. The molecule has 8 heteroatoms. The van der Waals surface area contributed by atoms with E-state index >= 15 is 0 Å². The van der Waals surface area contributed by atoms with E-state index in [1.54, 1.807) is 17.5 Å². The summed E-state index contributed by atoms with van der Waals surface area (Å²) in [5.74, 6) is 0.607. The minimum atomic E-state index is -3.79. The Hall–Kier alpha value is -2.97. The molecular formula is C21H19N3O3S2. The van der Waals surface area contributed by atoms with Crippen LogP contribution in [0.1, 0.15) is 11.1 Å². The van der Waals surface area contributed by atoms with Crippen molar-refractivity contribution in [2.24, 2.45) is 0 Å². The summed E-state index contributed by atoms with van der Waals surface area (Å²) in [5.41, 5.74) is 3.51. The SMILES string of the molecule is Cc1ccc(-c2noc(-c3sccc3S(=O)(=O)N(C)c3cccc(C)c3)n2)cc1. The lowest BCUT2D eigenvalue weighted by molar-refractivity contribution is 0.432. The van der Waals surface area contributed by atoms with Crippen LogP contribution in [0.2, 0.25) is 0 Å². The van der Waals surface area contributed by atoms with Gasteiger partial charge in [0.1, 0.15) is 9.77 Å². The standard InChI is InChI=1S/C21H19N3O3S2/c1-14-7-9-16(10-8-14)20-22-21(27-23-20)19-18(11-12-28-19)29(25,26)24(3)17-6-4-5-15(2)13-17/h4-13H,1-3H3. The van der Waals surface area contributed by atoms with Gasteiger partial charge in [-0.25, -0.2) is 8.42 Å². The van der Waals surface area contributed by atoms with Crippen LogP contribution in [0.3, 0.4) is 0 Å². The maximum Gasteiger partial charge on any atom is 0.269 e. The number of hydrogen-bond acceptors (Lipinski definition) is 6. The molecule has 6 nitrogen and oxygen atoms in total. The van der Waals surface area contributed by atoms with Gasteiger partial charge in [0, 0.05) is 12.6 Å². The first-order chi connectivity index (χ1) is 13.9. The summed E-state index contributed by atoms with van der Waals surface area (Å²) in [6.07, 6.45) is 0. The van der Waals surface area contributed by atoms with Gasteiger partial charge in [-0.15, -0.1) is 11.3 Å². The van der Waals surface area contributed by atoms with E-state index in [1.807, 2.05) is 56.3 Å². The maximum atomic E-state index is 13.3. The molecular weight excluding hydrogens is 406 g/mol. The van der Waals surface area contributed by atoms with Crippen molar-refractivity contribution < 1.29 is 12.9 Å². The molecule has 0 amide bonds. The van der Waals surface area contributed by atoms with Crippen molar-refractivity contribution in [2.75, 3.05) is 11.4 Å². The second kappa shape index (κ2) is 7.46. The fourth-order valence-electron chi connectivity index (χ4n) is 2.90. The molecule has 0 fully saturated rings. The van der Waals surface area contributed by atoms with Crippen LogP contribution in [0.4, 0.5) is 5.69 Å². The lowest BCUT2D eigenvalue weighted by Crippen LogP contribution is -2.26. The number of aromatic nitrogens is 2. The van der Waals surface area contributed by atoms with Crippen molar-refractivity contribution in [2.45, 2.75) is 18.7 Å². The number of anilines is 1. The minimum Gasteiger partial charge on any atom is -0.333 e. The lowest BCUT2D eigenvalue weighted by atomic mass is 10.1. The molecule has 29 heavy (non-hydrogen) atoms. The molecule has 0 bridgehead atoms. The number of thiophene rings is 1. The van der Waals surface area contributed by atoms with E-state index in [0.29, 0.717) is 16.4 Å². The maximum absolute atomic E-state index is 13.3. The Morgan fingerprint density at radius 1 is 1.00 bits per heavy atom. The van der Waals surface area contributed by atoms with Crippen LogP contribution in [0.5, 0.6) is 0 Å². The van der Waals surface area contributed by atoms with Crippen molar-refractivity contribution in [1.29, 1.82) is 0 Å². The number of sulfonamides is 1. The quantitative estimate of drug-likeness (QED) is 0.454. The molecule has 2 aromatic carbocycles. The predicted molar refractivity (Wildman–Crippen MR) is 115 cm³/mol. The van der Waals surface area contributed by atoms with Crippen LogP contribution < -0.4 is 4.31 Å². The van der Waals surface area contributed by atoms with E-state index in [1.165, 1.54) is 22.7 Å². The first-order valence-corrected chi connectivity index (χ1v) is 11.2.